The van der Waals surface area contributed by atoms with Crippen LogP contribution in [0.25, 0.3) is 0 Å². The van der Waals surface area contributed by atoms with Crippen LogP contribution in [0.2, 0.25) is 0 Å². The average molecular weight is 436 g/mol. The average Bonchev–Trinajstić information content (AvgIpc) is 3.21. The topological polar surface area (TPSA) is 64.4 Å². The number of hydrogen-bond acceptors (Lipinski definition) is 6. The zero-order valence-electron chi connectivity index (χ0n) is 17.0. The number of ether oxygens (including phenoxy) is 2. The Morgan fingerprint density at radius 1 is 1.18 bits per heavy atom. The lowest BCUT2D eigenvalue weighted by molar-refractivity contribution is -0.0375. The molecule has 1 aliphatic heterocycles. The van der Waals surface area contributed by atoms with Crippen molar-refractivity contribution >= 4 is 24.8 Å². The van der Waals surface area contributed by atoms with Gasteiger partial charge in [0.25, 0.3) is 0 Å². The molecular formula is C19H35Cl2N5O2. The third-order valence-corrected chi connectivity index (χ3v) is 6.27. The quantitative estimate of drug-likeness (QED) is 0.640. The van der Waals surface area contributed by atoms with Crippen molar-refractivity contribution in [1.29, 1.82) is 0 Å². The predicted octanol–water partition coefficient (Wildman–Crippen LogP) is 2.17. The van der Waals surface area contributed by atoms with Gasteiger partial charge in [-0.1, -0.05) is 5.21 Å². The summed E-state index contributed by atoms with van der Waals surface area (Å²) in [5.74, 6) is 2.30. The molecule has 1 aromatic heterocycles. The van der Waals surface area contributed by atoms with Crippen LogP contribution in [0.15, 0.2) is 6.20 Å². The van der Waals surface area contributed by atoms with Crippen molar-refractivity contribution < 1.29 is 9.47 Å². The Morgan fingerprint density at radius 3 is 2.61 bits per heavy atom. The summed E-state index contributed by atoms with van der Waals surface area (Å²) in [5.41, 5.74) is 0.901. The molecule has 28 heavy (non-hydrogen) atoms. The van der Waals surface area contributed by atoms with E-state index >= 15 is 0 Å². The molecular weight excluding hydrogens is 401 g/mol. The monoisotopic (exact) mass is 435 g/mol. The molecule has 0 bridgehead atoms. The maximum absolute atomic E-state index is 6.42. The van der Waals surface area contributed by atoms with Crippen molar-refractivity contribution in [3.63, 3.8) is 0 Å². The largest absolute Gasteiger partial charge is 0.378 e. The van der Waals surface area contributed by atoms with Crippen LogP contribution in [0.4, 0.5) is 0 Å². The molecule has 2 heterocycles. The number of nitrogens with one attached hydrogen (secondary N) is 1. The number of likely N-dealkylation sites (tertiary alicyclic amines) is 1. The molecule has 3 aliphatic rings. The second-order valence-corrected chi connectivity index (χ2v) is 8.36. The zero-order valence-corrected chi connectivity index (χ0v) is 18.6. The highest BCUT2D eigenvalue weighted by Crippen LogP contribution is 2.43. The molecule has 0 radical (unpaired) electrons. The lowest BCUT2D eigenvalue weighted by Gasteiger charge is -2.37. The van der Waals surface area contributed by atoms with Crippen molar-refractivity contribution in [3.05, 3.63) is 11.9 Å². The smallest absolute Gasteiger partial charge is 0.108 e. The molecule has 4 rings (SSSR count). The predicted molar refractivity (Wildman–Crippen MR) is 113 cm³/mol. The van der Waals surface area contributed by atoms with E-state index in [2.05, 4.69) is 31.4 Å². The van der Waals surface area contributed by atoms with E-state index < -0.39 is 0 Å². The molecule has 9 heteroatoms. The van der Waals surface area contributed by atoms with E-state index in [0.29, 0.717) is 12.6 Å². The summed E-state index contributed by atoms with van der Waals surface area (Å²) in [6.07, 6.45) is 7.28. The second kappa shape index (κ2) is 11.1. The minimum absolute atomic E-state index is 0. The van der Waals surface area contributed by atoms with Gasteiger partial charge in [-0.3, -0.25) is 0 Å². The van der Waals surface area contributed by atoms with Crippen LogP contribution in [0, 0.1) is 17.8 Å². The number of methoxy groups -OCH3 is 1. The Hall–Kier alpha value is -0.440. The van der Waals surface area contributed by atoms with Crippen molar-refractivity contribution in [3.8, 4) is 0 Å². The normalized spacial score (nSPS) is 29.8. The fourth-order valence-corrected chi connectivity index (χ4v) is 4.63. The summed E-state index contributed by atoms with van der Waals surface area (Å²) >= 11 is 0. The summed E-state index contributed by atoms with van der Waals surface area (Å²) in [6, 6.07) is 0.303. The Balaban J connectivity index is 0.00000140. The minimum Gasteiger partial charge on any atom is -0.378 e. The van der Waals surface area contributed by atoms with Crippen LogP contribution in [-0.4, -0.2) is 72.9 Å². The molecule has 0 unspecified atom stereocenters. The van der Waals surface area contributed by atoms with Crippen LogP contribution < -0.4 is 5.32 Å². The van der Waals surface area contributed by atoms with Gasteiger partial charge in [0.15, 0.2) is 0 Å². The van der Waals surface area contributed by atoms with Crippen molar-refractivity contribution in [2.24, 2.45) is 17.8 Å². The lowest BCUT2D eigenvalue weighted by Crippen LogP contribution is -2.38. The van der Waals surface area contributed by atoms with Gasteiger partial charge in [0.05, 0.1) is 24.9 Å². The van der Waals surface area contributed by atoms with Gasteiger partial charge in [0.1, 0.15) is 5.69 Å². The number of hydrogen-bond donors (Lipinski definition) is 1. The SMILES string of the molecule is CNCCN1C[C@H]2C[C@@H](n3cc(COC)nn3)[C@H](OCC3CC3)C[C@H]2C1.Cl.Cl. The van der Waals surface area contributed by atoms with Crippen molar-refractivity contribution in [1.82, 2.24) is 25.2 Å². The highest BCUT2D eigenvalue weighted by atomic mass is 35.5. The summed E-state index contributed by atoms with van der Waals surface area (Å²) in [4.78, 5) is 2.61. The zero-order chi connectivity index (χ0) is 17.9. The van der Waals surface area contributed by atoms with Gasteiger partial charge in [0.2, 0.25) is 0 Å². The third-order valence-electron chi connectivity index (χ3n) is 6.27. The van der Waals surface area contributed by atoms with Gasteiger partial charge < -0.3 is 19.7 Å². The van der Waals surface area contributed by atoms with Gasteiger partial charge in [-0.2, -0.15) is 0 Å². The fourth-order valence-electron chi connectivity index (χ4n) is 4.63. The highest BCUT2D eigenvalue weighted by molar-refractivity contribution is 5.85. The van der Waals surface area contributed by atoms with Gasteiger partial charge in [0, 0.05) is 39.9 Å². The molecule has 0 aromatic carbocycles. The van der Waals surface area contributed by atoms with E-state index in [0.717, 1.165) is 56.0 Å². The summed E-state index contributed by atoms with van der Waals surface area (Å²) in [6.45, 7) is 6.06. The van der Waals surface area contributed by atoms with Gasteiger partial charge in [-0.15, -0.1) is 29.9 Å². The molecule has 2 aliphatic carbocycles. The van der Waals surface area contributed by atoms with Gasteiger partial charge in [-0.05, 0) is 50.5 Å². The first kappa shape index (κ1) is 23.8. The maximum Gasteiger partial charge on any atom is 0.108 e. The first-order valence-electron chi connectivity index (χ1n) is 10.1. The fraction of sp³-hybridized carbons (Fsp3) is 0.895. The van der Waals surface area contributed by atoms with Crippen LogP contribution >= 0.6 is 24.8 Å². The van der Waals surface area contributed by atoms with Gasteiger partial charge in [-0.25, -0.2) is 4.68 Å². The van der Waals surface area contributed by atoms with Crippen LogP contribution in [-0.2, 0) is 16.1 Å². The highest BCUT2D eigenvalue weighted by Gasteiger charge is 2.44. The minimum atomic E-state index is 0. The Morgan fingerprint density at radius 2 is 1.93 bits per heavy atom. The first-order valence-corrected chi connectivity index (χ1v) is 10.1. The Bertz CT molecular complexity index is 586. The molecule has 1 saturated heterocycles. The summed E-state index contributed by atoms with van der Waals surface area (Å²) in [7, 11) is 3.73. The molecule has 162 valence electrons. The molecule has 1 N–H and O–H groups in total. The lowest BCUT2D eigenvalue weighted by atomic mass is 9.77. The first-order chi connectivity index (χ1) is 12.8. The molecule has 2 saturated carbocycles. The molecule has 7 nitrogen and oxygen atoms in total. The van der Waals surface area contributed by atoms with Crippen LogP contribution in [0.5, 0.6) is 0 Å². The van der Waals surface area contributed by atoms with E-state index in [4.69, 9.17) is 9.47 Å². The van der Waals surface area contributed by atoms with Crippen molar-refractivity contribution in [2.75, 3.05) is 46.9 Å². The maximum atomic E-state index is 6.42. The van der Waals surface area contributed by atoms with E-state index in [1.54, 1.807) is 7.11 Å². The number of fused-ring (bicyclic) bond motifs is 1. The van der Waals surface area contributed by atoms with Crippen LogP contribution in [0.1, 0.15) is 37.4 Å². The summed E-state index contributed by atoms with van der Waals surface area (Å²) < 4.78 is 13.7. The Kier molecular flexibility index (Phi) is 9.44. The van der Waals surface area contributed by atoms with E-state index in [-0.39, 0.29) is 30.9 Å². The standard InChI is InChI=1S/C19H33N5O2.2ClH/c1-20-5-6-23-9-15-7-18(24-11-17(13-25-2)21-22-24)19(8-16(15)10-23)26-12-14-3-4-14;;/h11,14-16,18-20H,3-10,12-13H2,1-2H3;2*1H/t15-,16+,18-,19-;;/m1../s1. The van der Waals surface area contributed by atoms with E-state index in [1.807, 2.05) is 7.05 Å². The molecule has 1 aromatic rings. The Labute approximate surface area is 180 Å². The molecule has 3 fully saturated rings. The van der Waals surface area contributed by atoms with Crippen LogP contribution in [0.3, 0.4) is 0 Å². The third kappa shape index (κ3) is 5.80. The number of aromatic nitrogens is 3. The summed E-state index contributed by atoms with van der Waals surface area (Å²) in [5, 5.41) is 12.0. The number of rotatable bonds is 9. The molecule has 4 atom stereocenters. The van der Waals surface area contributed by atoms with E-state index in [1.165, 1.54) is 25.9 Å². The molecule has 0 amide bonds. The number of nitrogens with zero attached hydrogens (tertiary/aromatic N) is 4. The van der Waals surface area contributed by atoms with E-state index in [9.17, 15) is 0 Å². The molecule has 0 spiro atoms. The van der Waals surface area contributed by atoms with Gasteiger partial charge >= 0.3 is 0 Å². The van der Waals surface area contributed by atoms with Crippen molar-refractivity contribution in [2.45, 2.75) is 44.4 Å². The second-order valence-electron chi connectivity index (χ2n) is 8.36. The number of halogens is 2. The number of likely N-dealkylation sites (N-methyl/N-ethyl adjacent to an activating group) is 1.